The highest BCUT2D eigenvalue weighted by atomic mass is 19.4. The first-order chi connectivity index (χ1) is 7.88. The molecule has 0 aliphatic carbocycles. The van der Waals surface area contributed by atoms with Gasteiger partial charge in [0.2, 0.25) is 0 Å². The third-order valence-corrected chi connectivity index (χ3v) is 2.52. The van der Waals surface area contributed by atoms with Gasteiger partial charge in [0.15, 0.2) is 0 Å². The quantitative estimate of drug-likeness (QED) is 0.647. The van der Waals surface area contributed by atoms with Crippen molar-refractivity contribution in [1.82, 2.24) is 5.06 Å². The molecule has 5 heteroatoms. The molecule has 2 atom stereocenters. The molecule has 1 aromatic rings. The highest BCUT2D eigenvalue weighted by molar-refractivity contribution is 5.18. The molecule has 0 saturated carbocycles. The molecule has 1 aromatic carbocycles. The maximum atomic E-state index is 12.6. The lowest BCUT2D eigenvalue weighted by molar-refractivity contribution is -0.251. The third-order valence-electron chi connectivity index (χ3n) is 2.52. The number of hydrogen-bond donors (Lipinski definition) is 1. The van der Waals surface area contributed by atoms with E-state index in [2.05, 4.69) is 6.58 Å². The molecule has 0 fully saturated rings. The Kier molecular flexibility index (Phi) is 4.31. The molecule has 0 radical (unpaired) electrons. The fraction of sp³-hybridized carbons (Fsp3) is 0.333. The lowest BCUT2D eigenvalue weighted by Gasteiger charge is -2.30. The Labute approximate surface area is 97.9 Å². The Balaban J connectivity index is 2.89. The zero-order valence-electron chi connectivity index (χ0n) is 9.35. The number of hydroxylamine groups is 2. The molecule has 1 unspecified atom stereocenters. The smallest absolute Gasteiger partial charge is 0.313 e. The van der Waals surface area contributed by atoms with Crippen molar-refractivity contribution in [3.63, 3.8) is 0 Å². The van der Waals surface area contributed by atoms with Crippen LogP contribution < -0.4 is 0 Å². The molecule has 94 valence electrons. The average molecular weight is 245 g/mol. The summed E-state index contributed by atoms with van der Waals surface area (Å²) in [5.41, 5.74) is 0.603. The van der Waals surface area contributed by atoms with Gasteiger partial charge in [0.05, 0.1) is 6.04 Å². The number of hydrogen-bond acceptors (Lipinski definition) is 2. The summed E-state index contributed by atoms with van der Waals surface area (Å²) in [7, 11) is 0. The molecule has 0 aliphatic heterocycles. The van der Waals surface area contributed by atoms with Crippen LogP contribution in [0, 0.1) is 0 Å². The van der Waals surface area contributed by atoms with E-state index in [1.807, 2.05) is 0 Å². The SMILES string of the molecule is C=CC(N(O)[C@H](C)c1ccccc1)C(F)(F)F. The Morgan fingerprint density at radius 3 is 2.24 bits per heavy atom. The second kappa shape index (κ2) is 5.33. The van der Waals surface area contributed by atoms with Gasteiger partial charge in [0, 0.05) is 0 Å². The van der Waals surface area contributed by atoms with Gasteiger partial charge in [-0.25, -0.2) is 0 Å². The van der Waals surface area contributed by atoms with Gasteiger partial charge in [-0.05, 0) is 12.5 Å². The van der Waals surface area contributed by atoms with E-state index >= 15 is 0 Å². The molecule has 2 nitrogen and oxygen atoms in total. The number of alkyl halides is 3. The van der Waals surface area contributed by atoms with Crippen LogP contribution in [0.15, 0.2) is 43.0 Å². The summed E-state index contributed by atoms with van der Waals surface area (Å²) in [6, 6.07) is 5.65. The van der Waals surface area contributed by atoms with Gasteiger partial charge in [-0.3, -0.25) is 0 Å². The largest absolute Gasteiger partial charge is 0.409 e. The van der Waals surface area contributed by atoms with E-state index in [0.717, 1.165) is 0 Å². The van der Waals surface area contributed by atoms with Crippen LogP contribution in [0.5, 0.6) is 0 Å². The summed E-state index contributed by atoms with van der Waals surface area (Å²) in [5, 5.41) is 9.87. The molecule has 17 heavy (non-hydrogen) atoms. The predicted molar refractivity (Wildman–Crippen MR) is 58.5 cm³/mol. The first-order valence-electron chi connectivity index (χ1n) is 5.09. The molecule has 0 aliphatic rings. The van der Waals surface area contributed by atoms with Gasteiger partial charge in [0.25, 0.3) is 0 Å². The average Bonchev–Trinajstić information content (AvgIpc) is 2.28. The van der Waals surface area contributed by atoms with E-state index in [0.29, 0.717) is 11.6 Å². The first kappa shape index (κ1) is 13.7. The van der Waals surface area contributed by atoms with Crippen LogP contribution in [0.4, 0.5) is 13.2 Å². The maximum absolute atomic E-state index is 12.6. The fourth-order valence-corrected chi connectivity index (χ4v) is 1.52. The molecule has 0 spiro atoms. The van der Waals surface area contributed by atoms with Gasteiger partial charge >= 0.3 is 6.18 Å². The minimum absolute atomic E-state index is 0.266. The molecule has 1 rings (SSSR count). The molecule has 0 aromatic heterocycles. The van der Waals surface area contributed by atoms with E-state index in [9.17, 15) is 18.4 Å². The van der Waals surface area contributed by atoms with Gasteiger partial charge < -0.3 is 5.21 Å². The Hall–Kier alpha value is -1.33. The normalized spacial score (nSPS) is 15.6. The molecular formula is C12H14F3NO. The minimum Gasteiger partial charge on any atom is -0.313 e. The molecule has 0 amide bonds. The number of nitrogens with zero attached hydrogens (tertiary/aromatic N) is 1. The van der Waals surface area contributed by atoms with Crippen molar-refractivity contribution >= 4 is 0 Å². The minimum atomic E-state index is -4.54. The standard InChI is InChI=1S/C12H14F3NO/c1-3-11(12(13,14)15)16(17)9(2)10-7-5-4-6-8-10/h3-9,11,17H,1H2,2H3/t9-,11?/m1/s1. The predicted octanol–water partition coefficient (Wildman–Crippen LogP) is 3.56. The molecule has 1 N–H and O–H groups in total. The van der Waals surface area contributed by atoms with Crippen LogP contribution in [0.2, 0.25) is 0 Å². The lowest BCUT2D eigenvalue weighted by Crippen LogP contribution is -2.43. The third kappa shape index (κ3) is 3.31. The summed E-state index contributed by atoms with van der Waals surface area (Å²) < 4.78 is 37.7. The Morgan fingerprint density at radius 1 is 1.29 bits per heavy atom. The summed E-state index contributed by atoms with van der Waals surface area (Å²) in [6.45, 7) is 4.60. The second-order valence-electron chi connectivity index (χ2n) is 3.69. The lowest BCUT2D eigenvalue weighted by atomic mass is 10.1. The van der Waals surface area contributed by atoms with Gasteiger partial charge in [-0.1, -0.05) is 36.4 Å². The van der Waals surface area contributed by atoms with E-state index in [1.165, 1.54) is 6.92 Å². The highest BCUT2D eigenvalue weighted by Crippen LogP contribution is 2.30. The molecule has 0 bridgehead atoms. The second-order valence-corrected chi connectivity index (χ2v) is 3.69. The van der Waals surface area contributed by atoms with Crippen LogP contribution in [-0.4, -0.2) is 22.5 Å². The zero-order chi connectivity index (χ0) is 13.1. The number of benzene rings is 1. The zero-order valence-corrected chi connectivity index (χ0v) is 9.35. The summed E-state index contributed by atoms with van der Waals surface area (Å²) in [5.74, 6) is 0. The van der Waals surface area contributed by atoms with E-state index in [1.54, 1.807) is 30.3 Å². The van der Waals surface area contributed by atoms with E-state index in [-0.39, 0.29) is 5.06 Å². The fourth-order valence-electron chi connectivity index (χ4n) is 1.52. The van der Waals surface area contributed by atoms with Crippen molar-refractivity contribution in [3.05, 3.63) is 48.6 Å². The van der Waals surface area contributed by atoms with Crippen LogP contribution in [0.25, 0.3) is 0 Å². The molecule has 0 heterocycles. The Bertz CT molecular complexity index is 364. The van der Waals surface area contributed by atoms with Crippen molar-refractivity contribution in [3.8, 4) is 0 Å². The monoisotopic (exact) mass is 245 g/mol. The topological polar surface area (TPSA) is 23.5 Å². The highest BCUT2D eigenvalue weighted by Gasteiger charge is 2.43. The summed E-state index contributed by atoms with van der Waals surface area (Å²) in [6.07, 6.45) is -3.86. The van der Waals surface area contributed by atoms with Crippen molar-refractivity contribution in [1.29, 1.82) is 0 Å². The van der Waals surface area contributed by atoms with Crippen LogP contribution in [0.1, 0.15) is 18.5 Å². The first-order valence-corrected chi connectivity index (χ1v) is 5.09. The number of rotatable bonds is 4. The summed E-state index contributed by atoms with van der Waals surface area (Å²) in [4.78, 5) is 0. The molecular weight excluding hydrogens is 231 g/mol. The maximum Gasteiger partial charge on any atom is 0.409 e. The van der Waals surface area contributed by atoms with Crippen LogP contribution in [0.3, 0.4) is 0 Å². The van der Waals surface area contributed by atoms with Crippen LogP contribution in [-0.2, 0) is 0 Å². The van der Waals surface area contributed by atoms with Crippen LogP contribution >= 0.6 is 0 Å². The van der Waals surface area contributed by atoms with Gasteiger partial charge in [-0.15, -0.1) is 6.58 Å². The van der Waals surface area contributed by atoms with Crippen molar-refractivity contribution in [2.75, 3.05) is 0 Å². The van der Waals surface area contributed by atoms with E-state index in [4.69, 9.17) is 0 Å². The number of halogens is 3. The van der Waals surface area contributed by atoms with E-state index < -0.39 is 18.3 Å². The summed E-state index contributed by atoms with van der Waals surface area (Å²) >= 11 is 0. The Morgan fingerprint density at radius 2 is 1.82 bits per heavy atom. The van der Waals surface area contributed by atoms with Gasteiger partial charge in [0.1, 0.15) is 6.04 Å². The molecule has 0 saturated heterocycles. The van der Waals surface area contributed by atoms with Crippen molar-refractivity contribution in [2.24, 2.45) is 0 Å². The van der Waals surface area contributed by atoms with Crippen molar-refractivity contribution < 1.29 is 18.4 Å². The van der Waals surface area contributed by atoms with Gasteiger partial charge in [-0.2, -0.15) is 18.2 Å². The van der Waals surface area contributed by atoms with Crippen molar-refractivity contribution in [2.45, 2.75) is 25.2 Å².